The summed E-state index contributed by atoms with van der Waals surface area (Å²) in [5.41, 5.74) is 0.892. The Bertz CT molecular complexity index is 555. The van der Waals surface area contributed by atoms with Gasteiger partial charge >= 0.3 is 16.2 Å². The Morgan fingerprint density at radius 2 is 1.72 bits per heavy atom. The van der Waals surface area contributed by atoms with Gasteiger partial charge in [-0.05, 0) is 31.9 Å². The second-order valence-electron chi connectivity index (χ2n) is 4.12. The Morgan fingerprint density at radius 1 is 1.28 bits per heavy atom. The summed E-state index contributed by atoms with van der Waals surface area (Å²) in [6, 6.07) is 6.03. The van der Waals surface area contributed by atoms with Crippen molar-refractivity contribution in [1.29, 1.82) is 0 Å². The molecule has 0 aliphatic carbocycles. The zero-order chi connectivity index (χ0) is 14.1. The monoisotopic (exact) mass is 293 g/mol. The molecule has 0 bridgehead atoms. The molecule has 0 radical (unpaired) electrons. The van der Waals surface area contributed by atoms with Crippen LogP contribution >= 0.6 is 12.8 Å². The summed E-state index contributed by atoms with van der Waals surface area (Å²) in [5, 5.41) is 0. The van der Waals surface area contributed by atoms with Crippen molar-refractivity contribution in [3.8, 4) is 0 Å². The Balaban J connectivity index is 3.29. The Morgan fingerprint density at radius 3 is 2.11 bits per heavy atom. The van der Waals surface area contributed by atoms with Crippen LogP contribution in [0.3, 0.4) is 0 Å². The number of nitrogens with zero attached hydrogens (tertiary/aromatic N) is 2. The van der Waals surface area contributed by atoms with Crippen molar-refractivity contribution in [2.75, 3.05) is 14.1 Å². The van der Waals surface area contributed by atoms with E-state index in [4.69, 9.17) is 0 Å². The lowest BCUT2D eigenvalue weighted by Gasteiger charge is -2.31. The predicted molar refractivity (Wildman–Crippen MR) is 67.8 cm³/mol. The molecule has 0 N–H and O–H groups in total. The highest BCUT2D eigenvalue weighted by Crippen LogP contribution is 2.24. The topological polar surface area (TPSA) is 54.5 Å². The Kier molecular flexibility index (Phi) is 4.04. The second-order valence-corrected chi connectivity index (χ2v) is 6.82. The molecule has 8 heteroatoms. The van der Waals surface area contributed by atoms with E-state index in [9.17, 15) is 17.6 Å². The molecule has 0 aromatic heterocycles. The van der Waals surface area contributed by atoms with Crippen LogP contribution in [0.2, 0.25) is 0 Å². The molecule has 1 aromatic carbocycles. The average molecular weight is 293 g/mol. The van der Waals surface area contributed by atoms with Crippen molar-refractivity contribution in [3.05, 3.63) is 29.8 Å². The van der Waals surface area contributed by atoms with Crippen molar-refractivity contribution < 1.29 is 21.6 Å². The molecule has 0 aliphatic rings. The minimum absolute atomic E-state index is 0.0154. The molecule has 0 unspecified atom stereocenters. The number of aryl methyl sites for hydroxylation is 1. The number of hydrogen-bond donors (Lipinski definition) is 1. The van der Waals surface area contributed by atoms with E-state index in [0.717, 1.165) is 19.7 Å². The molecule has 1 rings (SSSR count). The van der Waals surface area contributed by atoms with Gasteiger partial charge in [-0.15, -0.1) is 8.39 Å². The van der Waals surface area contributed by atoms with Crippen LogP contribution < -0.4 is 0 Å². The third-order valence-corrected chi connectivity index (χ3v) is 5.45. The van der Waals surface area contributed by atoms with Crippen LogP contribution in [0.1, 0.15) is 5.56 Å². The van der Waals surface area contributed by atoms with Crippen LogP contribution in [-0.2, 0) is 10.0 Å². The lowest BCUT2D eigenvalue weighted by molar-refractivity contribution is -0.852. The van der Waals surface area contributed by atoms with Crippen LogP contribution in [-0.4, -0.2) is 37.1 Å². The predicted octanol–water partition coefficient (Wildman–Crippen LogP) is 1.91. The van der Waals surface area contributed by atoms with Gasteiger partial charge in [-0.2, -0.15) is 8.42 Å². The number of hydrogen-bond acceptors (Lipinski definition) is 4. The molecule has 0 saturated carbocycles. The molecular weight excluding hydrogens is 279 g/mol. The van der Waals surface area contributed by atoms with E-state index in [0.29, 0.717) is 0 Å². The number of thiol groups is 1. The summed E-state index contributed by atoms with van der Waals surface area (Å²) in [5.74, 6) is 0. The van der Waals surface area contributed by atoms with Crippen LogP contribution in [0.25, 0.3) is 0 Å². The molecule has 5 nitrogen and oxygen atoms in total. The minimum Gasteiger partial charge on any atom is -0.228 e. The first-order chi connectivity index (χ1) is 8.10. The normalized spacial score (nSPS) is 12.3. The number of carbonyl (C=O) groups is 1. The molecule has 100 valence electrons. The minimum atomic E-state index is -3.97. The standard InChI is InChI=1S/C10H14FN2O3S2/c1-8-4-6-9(7-5-8)18(15,16)13(2,3)12(17)10(11)14/h4-7,17H,1-3H3/q+1. The first kappa shape index (κ1) is 14.9. The summed E-state index contributed by atoms with van der Waals surface area (Å²) in [6.07, 6.45) is -1.95. The van der Waals surface area contributed by atoms with Crippen molar-refractivity contribution in [3.63, 3.8) is 0 Å². The summed E-state index contributed by atoms with van der Waals surface area (Å²) < 4.78 is 36.3. The van der Waals surface area contributed by atoms with Crippen molar-refractivity contribution >= 4 is 29.0 Å². The average Bonchev–Trinajstić information content (AvgIpc) is 2.28. The summed E-state index contributed by atoms with van der Waals surface area (Å²) in [6.45, 7) is 1.81. The van der Waals surface area contributed by atoms with Gasteiger partial charge in [-0.3, -0.25) is 0 Å². The molecule has 1 amide bonds. The van der Waals surface area contributed by atoms with Crippen LogP contribution in [0.15, 0.2) is 29.2 Å². The van der Waals surface area contributed by atoms with E-state index in [2.05, 4.69) is 12.8 Å². The molecule has 0 spiro atoms. The van der Waals surface area contributed by atoms with Gasteiger partial charge in [0.05, 0.1) is 0 Å². The first-order valence-corrected chi connectivity index (χ1v) is 6.79. The molecular formula is C10H14FN2O3S2+. The Hall–Kier alpha value is -1.12. The van der Waals surface area contributed by atoms with Crippen molar-refractivity contribution in [2.45, 2.75) is 11.8 Å². The van der Waals surface area contributed by atoms with E-state index < -0.39 is 20.2 Å². The third kappa shape index (κ3) is 2.50. The zero-order valence-corrected chi connectivity index (χ0v) is 11.9. The number of rotatable bonds is 3. The van der Waals surface area contributed by atoms with Crippen LogP contribution in [0, 0.1) is 6.92 Å². The summed E-state index contributed by atoms with van der Waals surface area (Å²) in [4.78, 5) is 10.6. The molecule has 0 aliphatic heterocycles. The van der Waals surface area contributed by atoms with Gasteiger partial charge in [0.1, 0.15) is 19.0 Å². The number of benzene rings is 1. The molecule has 0 heterocycles. The molecule has 1 aromatic rings. The highest BCUT2D eigenvalue weighted by molar-refractivity contribution is 7.86. The fourth-order valence-electron chi connectivity index (χ4n) is 1.26. The molecule has 0 fully saturated rings. The maximum absolute atomic E-state index is 12.6. The van der Waals surface area contributed by atoms with Crippen molar-refractivity contribution in [1.82, 2.24) is 4.41 Å². The van der Waals surface area contributed by atoms with E-state index in [1.807, 2.05) is 6.92 Å². The number of halogens is 1. The maximum Gasteiger partial charge on any atom is 0.456 e. The largest absolute Gasteiger partial charge is 0.456 e. The summed E-state index contributed by atoms with van der Waals surface area (Å²) >= 11 is 3.57. The van der Waals surface area contributed by atoms with Gasteiger partial charge in [0.25, 0.3) is 0 Å². The lowest BCUT2D eigenvalue weighted by Crippen LogP contribution is -2.55. The smallest absolute Gasteiger partial charge is 0.228 e. The highest BCUT2D eigenvalue weighted by Gasteiger charge is 2.43. The van der Waals surface area contributed by atoms with Gasteiger partial charge in [0, 0.05) is 0 Å². The number of amides is 1. The summed E-state index contributed by atoms with van der Waals surface area (Å²) in [7, 11) is -1.67. The van der Waals surface area contributed by atoms with Gasteiger partial charge in [-0.25, -0.2) is 4.79 Å². The third-order valence-electron chi connectivity index (χ3n) is 2.52. The van der Waals surface area contributed by atoms with Gasteiger partial charge in [-0.1, -0.05) is 22.1 Å². The number of sulfonamides is 1. The molecule has 0 saturated heterocycles. The number of carbonyl (C=O) groups excluding carboxylic acids is 1. The van der Waals surface area contributed by atoms with Crippen molar-refractivity contribution in [2.24, 2.45) is 0 Å². The molecule has 18 heavy (non-hydrogen) atoms. The number of quaternary nitrogens is 1. The van der Waals surface area contributed by atoms with Gasteiger partial charge in [0.2, 0.25) is 0 Å². The second kappa shape index (κ2) is 4.87. The Labute approximate surface area is 111 Å². The maximum atomic E-state index is 12.6. The van der Waals surface area contributed by atoms with E-state index in [1.54, 1.807) is 12.1 Å². The van der Waals surface area contributed by atoms with Gasteiger partial charge < -0.3 is 0 Å². The van der Waals surface area contributed by atoms with E-state index in [-0.39, 0.29) is 9.31 Å². The van der Waals surface area contributed by atoms with E-state index >= 15 is 0 Å². The van der Waals surface area contributed by atoms with E-state index in [1.165, 1.54) is 12.1 Å². The highest BCUT2D eigenvalue weighted by atomic mass is 32.2. The fraction of sp³-hybridized carbons (Fsp3) is 0.300. The zero-order valence-electron chi connectivity index (χ0n) is 10.2. The van der Waals surface area contributed by atoms with Crippen LogP contribution in [0.4, 0.5) is 9.18 Å². The lowest BCUT2D eigenvalue weighted by atomic mass is 10.2. The van der Waals surface area contributed by atoms with Gasteiger partial charge in [0.15, 0.2) is 0 Å². The fourth-order valence-corrected chi connectivity index (χ4v) is 2.81. The SMILES string of the molecule is Cc1ccc(S(=O)(=O)[N+](C)(C)N(S)C(=O)F)cc1. The first-order valence-electron chi connectivity index (χ1n) is 4.95. The molecule has 0 atom stereocenters. The van der Waals surface area contributed by atoms with Crippen LogP contribution in [0.5, 0.6) is 0 Å². The quantitative estimate of drug-likeness (QED) is 0.304.